The van der Waals surface area contributed by atoms with Gasteiger partial charge in [0.05, 0.1) is 17.1 Å². The number of esters is 1. The average molecular weight is 363 g/mol. The SMILES string of the molecule is Cn1nnn(Cc2ccc(C(=O)OC3=CC(=O)CCC3)c(Cl)c2)c1=O. The lowest BCUT2D eigenvalue weighted by Crippen LogP contribution is -2.23. The standard InChI is InChI=1S/C16H15ClN4O4/c1-20-16(24)21(19-18-20)9-10-5-6-13(14(17)7-10)15(23)25-12-4-2-3-11(22)8-12/h5-8H,2-4,9H2,1H3. The first-order chi connectivity index (χ1) is 11.9. The van der Waals surface area contributed by atoms with Gasteiger partial charge in [-0.25, -0.2) is 9.59 Å². The Hall–Kier alpha value is -2.74. The molecule has 0 spiro atoms. The van der Waals surface area contributed by atoms with Crippen LogP contribution in [0, 0.1) is 0 Å². The van der Waals surface area contributed by atoms with Crippen LogP contribution < -0.4 is 5.69 Å². The molecule has 0 bridgehead atoms. The summed E-state index contributed by atoms with van der Waals surface area (Å²) in [6, 6.07) is 4.75. The van der Waals surface area contributed by atoms with Gasteiger partial charge in [0.2, 0.25) is 0 Å². The molecule has 25 heavy (non-hydrogen) atoms. The maximum Gasteiger partial charge on any atom is 0.363 e. The van der Waals surface area contributed by atoms with Crippen LogP contribution in [0.5, 0.6) is 0 Å². The molecule has 0 unspecified atom stereocenters. The number of halogens is 1. The number of aryl methyl sites for hydroxylation is 1. The molecule has 0 atom stereocenters. The van der Waals surface area contributed by atoms with Crippen molar-refractivity contribution in [3.63, 3.8) is 0 Å². The van der Waals surface area contributed by atoms with Gasteiger partial charge in [-0.3, -0.25) is 4.79 Å². The van der Waals surface area contributed by atoms with Crippen LogP contribution in [-0.2, 0) is 23.1 Å². The number of ketones is 1. The summed E-state index contributed by atoms with van der Waals surface area (Å²) < 4.78 is 7.55. The third-order valence-corrected chi connectivity index (χ3v) is 4.07. The van der Waals surface area contributed by atoms with E-state index in [2.05, 4.69) is 10.4 Å². The van der Waals surface area contributed by atoms with Crippen molar-refractivity contribution in [1.29, 1.82) is 0 Å². The lowest BCUT2D eigenvalue weighted by atomic mass is 10.1. The Kier molecular flexibility index (Phi) is 4.80. The zero-order valence-electron chi connectivity index (χ0n) is 13.4. The first kappa shape index (κ1) is 17.1. The molecule has 0 amide bonds. The summed E-state index contributed by atoms with van der Waals surface area (Å²) in [7, 11) is 1.50. The zero-order chi connectivity index (χ0) is 18.0. The number of hydrogen-bond acceptors (Lipinski definition) is 6. The Balaban J connectivity index is 1.75. The number of hydrogen-bond donors (Lipinski definition) is 0. The van der Waals surface area contributed by atoms with Gasteiger partial charge < -0.3 is 4.74 Å². The zero-order valence-corrected chi connectivity index (χ0v) is 14.2. The fourth-order valence-corrected chi connectivity index (χ4v) is 2.74. The predicted octanol–water partition coefficient (Wildman–Crippen LogP) is 1.47. The summed E-state index contributed by atoms with van der Waals surface area (Å²) in [5.74, 6) is -0.313. The van der Waals surface area contributed by atoms with E-state index in [1.165, 1.54) is 23.9 Å². The minimum atomic E-state index is -0.617. The molecule has 0 saturated heterocycles. The molecule has 130 valence electrons. The first-order valence-electron chi connectivity index (χ1n) is 7.65. The van der Waals surface area contributed by atoms with E-state index in [-0.39, 0.29) is 28.6 Å². The number of rotatable bonds is 4. The molecule has 1 aliphatic rings. The average Bonchev–Trinajstić information content (AvgIpc) is 2.87. The molecule has 3 rings (SSSR count). The van der Waals surface area contributed by atoms with Crippen LogP contribution in [-0.4, -0.2) is 31.5 Å². The summed E-state index contributed by atoms with van der Waals surface area (Å²) in [5, 5.41) is 7.55. The topological polar surface area (TPSA) is 96.1 Å². The largest absolute Gasteiger partial charge is 0.427 e. The van der Waals surface area contributed by atoms with Gasteiger partial charge >= 0.3 is 11.7 Å². The van der Waals surface area contributed by atoms with Crippen LogP contribution >= 0.6 is 11.6 Å². The Morgan fingerprint density at radius 3 is 2.72 bits per heavy atom. The summed E-state index contributed by atoms with van der Waals surface area (Å²) >= 11 is 6.17. The number of ether oxygens (including phenoxy) is 1. The van der Waals surface area contributed by atoms with Crippen LogP contribution in [0.25, 0.3) is 0 Å². The van der Waals surface area contributed by atoms with E-state index in [0.717, 1.165) is 4.68 Å². The minimum absolute atomic E-state index is 0.0510. The highest BCUT2D eigenvalue weighted by molar-refractivity contribution is 6.33. The molecular weight excluding hydrogens is 348 g/mol. The van der Waals surface area contributed by atoms with E-state index in [1.807, 2.05) is 0 Å². The number of allylic oxidation sites excluding steroid dienone is 2. The van der Waals surface area contributed by atoms with Crippen LogP contribution in [0.3, 0.4) is 0 Å². The van der Waals surface area contributed by atoms with Crippen molar-refractivity contribution in [3.05, 3.63) is 56.7 Å². The van der Waals surface area contributed by atoms with E-state index < -0.39 is 5.97 Å². The van der Waals surface area contributed by atoms with Gasteiger partial charge in [0.25, 0.3) is 0 Å². The van der Waals surface area contributed by atoms with Crippen molar-refractivity contribution < 1.29 is 14.3 Å². The number of aromatic nitrogens is 4. The number of carbonyl (C=O) groups excluding carboxylic acids is 2. The highest BCUT2D eigenvalue weighted by atomic mass is 35.5. The normalized spacial score (nSPS) is 14.3. The van der Waals surface area contributed by atoms with Crippen molar-refractivity contribution in [2.24, 2.45) is 7.05 Å². The van der Waals surface area contributed by atoms with Gasteiger partial charge in [-0.1, -0.05) is 17.7 Å². The predicted molar refractivity (Wildman–Crippen MR) is 88.2 cm³/mol. The number of tetrazole rings is 1. The van der Waals surface area contributed by atoms with Crippen LogP contribution in [0.15, 0.2) is 34.8 Å². The van der Waals surface area contributed by atoms with E-state index in [1.54, 1.807) is 12.1 Å². The second kappa shape index (κ2) is 7.02. The molecule has 1 heterocycles. The first-order valence-corrected chi connectivity index (χ1v) is 8.02. The molecule has 9 heteroatoms. The molecule has 0 radical (unpaired) electrons. The van der Waals surface area contributed by atoms with Gasteiger partial charge in [-0.05, 0) is 34.5 Å². The quantitative estimate of drug-likeness (QED) is 0.764. The molecule has 1 aromatic heterocycles. The van der Waals surface area contributed by atoms with Gasteiger partial charge in [-0.15, -0.1) is 0 Å². The van der Waals surface area contributed by atoms with Crippen LogP contribution in [0.2, 0.25) is 5.02 Å². The lowest BCUT2D eigenvalue weighted by Gasteiger charge is -2.13. The fourth-order valence-electron chi connectivity index (χ4n) is 2.46. The third-order valence-electron chi connectivity index (χ3n) is 3.76. The van der Waals surface area contributed by atoms with E-state index in [0.29, 0.717) is 30.6 Å². The number of benzene rings is 1. The minimum Gasteiger partial charge on any atom is -0.427 e. The van der Waals surface area contributed by atoms with E-state index >= 15 is 0 Å². The Morgan fingerprint density at radius 1 is 1.28 bits per heavy atom. The smallest absolute Gasteiger partial charge is 0.363 e. The second-order valence-electron chi connectivity index (χ2n) is 5.68. The van der Waals surface area contributed by atoms with Crippen LogP contribution in [0.4, 0.5) is 0 Å². The highest BCUT2D eigenvalue weighted by Gasteiger charge is 2.18. The molecule has 0 fully saturated rings. The van der Waals surface area contributed by atoms with Gasteiger partial charge in [0, 0.05) is 26.0 Å². The van der Waals surface area contributed by atoms with E-state index in [9.17, 15) is 14.4 Å². The Labute approximate surface area is 147 Å². The number of nitrogens with zero attached hydrogens (tertiary/aromatic N) is 4. The molecule has 2 aromatic rings. The maximum atomic E-state index is 12.2. The second-order valence-corrected chi connectivity index (χ2v) is 6.08. The van der Waals surface area contributed by atoms with Crippen molar-refractivity contribution in [2.75, 3.05) is 0 Å². The molecular formula is C16H15ClN4O4. The van der Waals surface area contributed by atoms with Crippen molar-refractivity contribution >= 4 is 23.4 Å². The Morgan fingerprint density at radius 2 is 2.08 bits per heavy atom. The molecule has 1 aliphatic carbocycles. The van der Waals surface area contributed by atoms with E-state index in [4.69, 9.17) is 16.3 Å². The summed E-state index contributed by atoms with van der Waals surface area (Å²) in [4.78, 5) is 35.3. The van der Waals surface area contributed by atoms with Gasteiger partial charge in [0.1, 0.15) is 5.76 Å². The molecule has 8 nitrogen and oxygen atoms in total. The van der Waals surface area contributed by atoms with Crippen LogP contribution in [0.1, 0.15) is 35.2 Å². The lowest BCUT2D eigenvalue weighted by molar-refractivity contribution is -0.115. The Bertz CT molecular complexity index is 928. The summed E-state index contributed by atoms with van der Waals surface area (Å²) in [6.45, 7) is 0.182. The van der Waals surface area contributed by atoms with Crippen molar-refractivity contribution in [1.82, 2.24) is 19.8 Å². The molecule has 0 aliphatic heterocycles. The van der Waals surface area contributed by atoms with Crippen molar-refractivity contribution in [2.45, 2.75) is 25.8 Å². The number of carbonyl (C=O) groups is 2. The van der Waals surface area contributed by atoms with Gasteiger partial charge in [0.15, 0.2) is 5.78 Å². The third kappa shape index (κ3) is 3.85. The van der Waals surface area contributed by atoms with Gasteiger partial charge in [-0.2, -0.15) is 9.36 Å². The summed E-state index contributed by atoms with van der Waals surface area (Å²) in [6.07, 6.45) is 3.03. The fraction of sp³-hybridized carbons (Fsp3) is 0.312. The monoisotopic (exact) mass is 362 g/mol. The summed E-state index contributed by atoms with van der Waals surface area (Å²) in [5.41, 5.74) is 0.528. The molecule has 0 N–H and O–H groups in total. The molecule has 1 aromatic carbocycles. The van der Waals surface area contributed by atoms with Crippen molar-refractivity contribution in [3.8, 4) is 0 Å². The molecule has 0 saturated carbocycles. The highest BCUT2D eigenvalue weighted by Crippen LogP contribution is 2.23. The maximum absolute atomic E-state index is 12.2.